The van der Waals surface area contributed by atoms with E-state index in [1.807, 2.05) is 0 Å². The van der Waals surface area contributed by atoms with Crippen LogP contribution in [0.5, 0.6) is 0 Å². The second kappa shape index (κ2) is 6.58. The van der Waals surface area contributed by atoms with Crippen molar-refractivity contribution in [2.24, 2.45) is 0 Å². The number of ether oxygens (including phenoxy) is 1. The number of nitrogens with zero attached hydrogens (tertiary/aromatic N) is 1. The summed E-state index contributed by atoms with van der Waals surface area (Å²) in [5, 5.41) is 13.8. The summed E-state index contributed by atoms with van der Waals surface area (Å²) in [6.45, 7) is 9.00. The van der Waals surface area contributed by atoms with Crippen molar-refractivity contribution >= 4 is 28.9 Å². The maximum absolute atomic E-state index is 11.7. The van der Waals surface area contributed by atoms with Gasteiger partial charge in [-0.15, -0.1) is 0 Å². The molecule has 0 heterocycles. The van der Waals surface area contributed by atoms with Gasteiger partial charge in [0.15, 0.2) is 0 Å². The molecule has 0 radical (unpaired) electrons. The van der Waals surface area contributed by atoms with Gasteiger partial charge < -0.3 is 10.1 Å². The van der Waals surface area contributed by atoms with Gasteiger partial charge in [-0.25, -0.2) is 4.79 Å². The fourth-order valence-electron chi connectivity index (χ4n) is 1.41. The Morgan fingerprint density at radius 3 is 2.57 bits per heavy atom. The predicted molar refractivity (Wildman–Crippen MR) is 81.6 cm³/mol. The third-order valence-electron chi connectivity index (χ3n) is 2.29. The minimum Gasteiger partial charge on any atom is -0.457 e. The number of non-ortho nitro benzene ring substituents is 1. The van der Waals surface area contributed by atoms with Crippen molar-refractivity contribution in [2.45, 2.75) is 26.4 Å². The first-order valence-electron chi connectivity index (χ1n) is 6.18. The molecule has 0 atom stereocenters. The number of nitro benzene ring substituents is 1. The van der Waals surface area contributed by atoms with E-state index in [1.165, 1.54) is 18.2 Å². The molecule has 0 amide bonds. The average molecular weight is 313 g/mol. The summed E-state index contributed by atoms with van der Waals surface area (Å²) >= 11 is 5.80. The van der Waals surface area contributed by atoms with E-state index in [-0.39, 0.29) is 22.8 Å². The summed E-state index contributed by atoms with van der Waals surface area (Å²) in [4.78, 5) is 21.9. The van der Waals surface area contributed by atoms with Gasteiger partial charge in [-0.2, -0.15) is 0 Å². The first-order valence-corrected chi connectivity index (χ1v) is 6.56. The quantitative estimate of drug-likeness (QED) is 0.389. The molecule has 0 bridgehead atoms. The summed E-state index contributed by atoms with van der Waals surface area (Å²) in [5.74, 6) is -0.522. The van der Waals surface area contributed by atoms with Crippen molar-refractivity contribution in [3.8, 4) is 0 Å². The number of carbonyl (C=O) groups is 1. The molecule has 0 spiro atoms. The molecule has 21 heavy (non-hydrogen) atoms. The van der Waals surface area contributed by atoms with E-state index < -0.39 is 16.5 Å². The highest BCUT2D eigenvalue weighted by Gasteiger charge is 2.18. The monoisotopic (exact) mass is 312 g/mol. The Bertz CT molecular complexity index is 579. The molecule has 0 aliphatic heterocycles. The van der Waals surface area contributed by atoms with Crippen LogP contribution in [0.3, 0.4) is 0 Å². The molecule has 0 fully saturated rings. The molecule has 0 saturated carbocycles. The predicted octanol–water partition coefficient (Wildman–Crippen LogP) is 3.56. The maximum atomic E-state index is 11.7. The zero-order chi connectivity index (χ0) is 16.2. The molecule has 1 aromatic rings. The van der Waals surface area contributed by atoms with E-state index in [4.69, 9.17) is 16.3 Å². The van der Waals surface area contributed by atoms with Gasteiger partial charge in [0.05, 0.1) is 4.92 Å². The zero-order valence-electron chi connectivity index (χ0n) is 12.1. The van der Waals surface area contributed by atoms with Gasteiger partial charge in [0.25, 0.3) is 5.69 Å². The second-order valence-electron chi connectivity index (χ2n) is 5.41. The number of nitrogens with one attached hydrogen (secondary N) is 1. The second-order valence-corrected chi connectivity index (χ2v) is 5.85. The molecule has 0 aliphatic carbocycles. The summed E-state index contributed by atoms with van der Waals surface area (Å²) in [6, 6.07) is 4.10. The molecule has 0 saturated heterocycles. The number of benzene rings is 1. The van der Waals surface area contributed by atoms with Crippen molar-refractivity contribution < 1.29 is 14.5 Å². The lowest BCUT2D eigenvalue weighted by molar-refractivity contribution is -0.384. The van der Waals surface area contributed by atoms with Crippen LogP contribution in [-0.4, -0.2) is 23.0 Å². The molecule has 1 N–H and O–H groups in total. The van der Waals surface area contributed by atoms with Crippen LogP contribution in [0, 0.1) is 10.1 Å². The molecule has 1 aromatic carbocycles. The van der Waals surface area contributed by atoms with Gasteiger partial charge in [-0.1, -0.05) is 18.2 Å². The van der Waals surface area contributed by atoms with Gasteiger partial charge >= 0.3 is 5.97 Å². The largest absolute Gasteiger partial charge is 0.457 e. The van der Waals surface area contributed by atoms with E-state index in [2.05, 4.69) is 11.9 Å². The third kappa shape index (κ3) is 5.83. The van der Waals surface area contributed by atoms with E-state index in [9.17, 15) is 14.9 Å². The number of halogens is 1. The molecule has 0 unspecified atom stereocenters. The van der Waals surface area contributed by atoms with Crippen LogP contribution < -0.4 is 5.32 Å². The average Bonchev–Trinajstić information content (AvgIpc) is 2.33. The van der Waals surface area contributed by atoms with Crippen molar-refractivity contribution in [3.63, 3.8) is 0 Å². The fraction of sp³-hybridized carbons (Fsp3) is 0.357. The van der Waals surface area contributed by atoms with E-state index >= 15 is 0 Å². The van der Waals surface area contributed by atoms with Crippen molar-refractivity contribution in [1.82, 2.24) is 0 Å². The summed E-state index contributed by atoms with van der Waals surface area (Å²) in [6.07, 6.45) is 0. The number of hydrogen-bond donors (Lipinski definition) is 1. The Balaban J connectivity index is 2.69. The molecule has 0 aromatic heterocycles. The lowest BCUT2D eigenvalue weighted by Crippen LogP contribution is -2.26. The molecule has 6 nitrogen and oxygen atoms in total. The maximum Gasteiger partial charge on any atom is 0.335 e. The van der Waals surface area contributed by atoms with E-state index in [1.54, 1.807) is 20.8 Å². The summed E-state index contributed by atoms with van der Waals surface area (Å²) < 4.78 is 5.16. The van der Waals surface area contributed by atoms with Crippen LogP contribution in [0.1, 0.15) is 20.8 Å². The highest BCUT2D eigenvalue weighted by molar-refractivity contribution is 6.31. The van der Waals surface area contributed by atoms with Gasteiger partial charge in [-0.05, 0) is 26.8 Å². The number of hydrogen-bond acceptors (Lipinski definition) is 5. The lowest BCUT2D eigenvalue weighted by atomic mass is 10.2. The molecule has 1 rings (SSSR count). The zero-order valence-corrected chi connectivity index (χ0v) is 12.9. The van der Waals surface area contributed by atoms with Crippen LogP contribution >= 0.6 is 11.6 Å². The topological polar surface area (TPSA) is 81.5 Å². The molecular formula is C14H17ClN2O4. The van der Waals surface area contributed by atoms with Crippen LogP contribution in [0.25, 0.3) is 0 Å². The number of rotatable bonds is 5. The Hall–Kier alpha value is -2.08. The molecular weight excluding hydrogens is 296 g/mol. The molecule has 7 heteroatoms. The SMILES string of the molecule is C=C(CNc1cc(Cl)cc([N+](=O)[O-])c1)C(=O)OC(C)(C)C. The number of anilines is 1. The van der Waals surface area contributed by atoms with Gasteiger partial charge in [0.2, 0.25) is 0 Å². The highest BCUT2D eigenvalue weighted by atomic mass is 35.5. The molecule has 114 valence electrons. The van der Waals surface area contributed by atoms with Crippen LogP contribution in [0.15, 0.2) is 30.4 Å². The van der Waals surface area contributed by atoms with E-state index in [0.29, 0.717) is 5.69 Å². The highest BCUT2D eigenvalue weighted by Crippen LogP contribution is 2.24. The summed E-state index contributed by atoms with van der Waals surface area (Å²) in [7, 11) is 0. The Labute approximate surface area is 127 Å². The van der Waals surface area contributed by atoms with E-state index in [0.717, 1.165) is 0 Å². The van der Waals surface area contributed by atoms with Gasteiger partial charge in [0.1, 0.15) is 5.60 Å². The fourth-order valence-corrected chi connectivity index (χ4v) is 1.64. The first kappa shape index (κ1) is 17.0. The van der Waals surface area contributed by atoms with Crippen molar-refractivity contribution in [3.05, 3.63) is 45.5 Å². The smallest absolute Gasteiger partial charge is 0.335 e. The number of nitro groups is 1. The Morgan fingerprint density at radius 2 is 2.05 bits per heavy atom. The van der Waals surface area contributed by atoms with Gasteiger partial charge in [0, 0.05) is 35.0 Å². The number of esters is 1. The van der Waals surface area contributed by atoms with Crippen LogP contribution in [0.2, 0.25) is 5.02 Å². The standard InChI is InChI=1S/C14H17ClN2O4/c1-9(13(18)21-14(2,3)4)8-16-11-5-10(15)6-12(7-11)17(19)20/h5-7,16H,1,8H2,2-4H3. The third-order valence-corrected chi connectivity index (χ3v) is 2.51. The Kier molecular flexibility index (Phi) is 5.32. The number of carbonyl (C=O) groups excluding carboxylic acids is 1. The minimum atomic E-state index is -0.602. The van der Waals surface area contributed by atoms with Crippen LogP contribution in [0.4, 0.5) is 11.4 Å². The first-order chi connectivity index (χ1) is 9.58. The molecule has 0 aliphatic rings. The van der Waals surface area contributed by atoms with Crippen molar-refractivity contribution in [1.29, 1.82) is 0 Å². The van der Waals surface area contributed by atoms with Gasteiger partial charge in [-0.3, -0.25) is 10.1 Å². The normalized spacial score (nSPS) is 10.9. The Morgan fingerprint density at radius 1 is 1.43 bits per heavy atom. The summed E-state index contributed by atoms with van der Waals surface area (Å²) in [5.41, 5.74) is -0.0890. The van der Waals surface area contributed by atoms with Crippen LogP contribution in [-0.2, 0) is 9.53 Å². The minimum absolute atomic E-state index is 0.104. The van der Waals surface area contributed by atoms with Crippen molar-refractivity contribution in [2.75, 3.05) is 11.9 Å². The lowest BCUT2D eigenvalue weighted by Gasteiger charge is -2.20.